The maximum Gasteiger partial charge on any atom is 0.267 e. The second kappa shape index (κ2) is 8.98. The average Bonchev–Trinajstić information content (AvgIpc) is 3.15. The molecule has 174 valence electrons. The minimum absolute atomic E-state index is 0.0666. The van der Waals surface area contributed by atoms with Crippen LogP contribution in [0.15, 0.2) is 58.5 Å². The van der Waals surface area contributed by atoms with Gasteiger partial charge in [0, 0.05) is 20.9 Å². The summed E-state index contributed by atoms with van der Waals surface area (Å²) in [5, 5.41) is 1.19. The van der Waals surface area contributed by atoms with Crippen molar-refractivity contribution < 1.29 is 9.18 Å². The molecule has 3 heterocycles. The summed E-state index contributed by atoms with van der Waals surface area (Å²) in [5.41, 5.74) is 3.28. The zero-order valence-electron chi connectivity index (χ0n) is 19.1. The van der Waals surface area contributed by atoms with Gasteiger partial charge in [-0.15, -0.1) is 23.1 Å². The molecule has 4 aromatic rings. The van der Waals surface area contributed by atoms with Crippen LogP contribution in [0, 0.1) is 12.7 Å². The van der Waals surface area contributed by atoms with Gasteiger partial charge in [-0.2, -0.15) is 0 Å². The van der Waals surface area contributed by atoms with Crippen molar-refractivity contribution in [3.63, 3.8) is 0 Å². The summed E-state index contributed by atoms with van der Waals surface area (Å²) in [4.78, 5) is 33.5. The van der Waals surface area contributed by atoms with E-state index in [0.29, 0.717) is 16.1 Å². The third-order valence-electron chi connectivity index (χ3n) is 5.86. The summed E-state index contributed by atoms with van der Waals surface area (Å²) in [6, 6.07) is 13.3. The van der Waals surface area contributed by atoms with Crippen molar-refractivity contribution in [2.24, 2.45) is 0 Å². The first kappa shape index (κ1) is 23.3. The van der Waals surface area contributed by atoms with Crippen LogP contribution in [0.25, 0.3) is 15.9 Å². The Balaban J connectivity index is 1.60. The number of nitrogens with zero attached hydrogens (tertiary/aromatic N) is 2. The van der Waals surface area contributed by atoms with Crippen molar-refractivity contribution in [2.45, 2.75) is 42.8 Å². The quantitative estimate of drug-likeness (QED) is 0.176. The van der Waals surface area contributed by atoms with E-state index < -0.39 is 0 Å². The third kappa shape index (κ3) is 4.46. The number of fused-ring (bicyclic) bond motifs is 3. The zero-order chi connectivity index (χ0) is 24.0. The molecule has 34 heavy (non-hydrogen) atoms. The number of hydrogen-bond acceptors (Lipinski definition) is 6. The lowest BCUT2D eigenvalue weighted by Gasteiger charge is -2.28. The van der Waals surface area contributed by atoms with Gasteiger partial charge in [0.1, 0.15) is 10.6 Å². The van der Waals surface area contributed by atoms with Crippen LogP contribution in [0.3, 0.4) is 0 Å². The van der Waals surface area contributed by atoms with E-state index in [9.17, 15) is 14.0 Å². The van der Waals surface area contributed by atoms with Crippen molar-refractivity contribution in [2.75, 3.05) is 5.75 Å². The van der Waals surface area contributed by atoms with Crippen molar-refractivity contribution in [1.29, 1.82) is 0 Å². The van der Waals surface area contributed by atoms with Crippen molar-refractivity contribution in [1.82, 2.24) is 9.55 Å². The second-order valence-corrected chi connectivity index (χ2v) is 12.7. The fraction of sp³-hybridized carbons (Fsp3) is 0.269. The van der Waals surface area contributed by atoms with Gasteiger partial charge in [0.2, 0.25) is 0 Å². The van der Waals surface area contributed by atoms with Gasteiger partial charge in [-0.05, 0) is 55.3 Å². The van der Waals surface area contributed by atoms with Crippen LogP contribution < -0.4 is 5.56 Å². The number of aryl methyl sites for hydroxylation is 1. The summed E-state index contributed by atoms with van der Waals surface area (Å²) in [7, 11) is 0. The number of thiophene rings is 1. The van der Waals surface area contributed by atoms with E-state index in [1.165, 1.54) is 40.9 Å². The van der Waals surface area contributed by atoms with E-state index in [2.05, 4.69) is 13.8 Å². The molecule has 0 amide bonds. The molecule has 0 unspecified atom stereocenters. The minimum atomic E-state index is -0.382. The molecule has 0 N–H and O–H groups in total. The lowest BCUT2D eigenvalue weighted by molar-refractivity contribution is 0.102. The summed E-state index contributed by atoms with van der Waals surface area (Å²) in [6.07, 6.45) is 0.827. The molecule has 8 heteroatoms. The summed E-state index contributed by atoms with van der Waals surface area (Å²) >= 11 is 4.72. The van der Waals surface area contributed by atoms with E-state index in [1.54, 1.807) is 15.9 Å². The Hall–Kier alpha value is -2.42. The number of benzene rings is 2. The van der Waals surface area contributed by atoms with E-state index >= 15 is 0 Å². The molecule has 0 spiro atoms. The van der Waals surface area contributed by atoms with Crippen molar-refractivity contribution >= 4 is 50.9 Å². The van der Waals surface area contributed by atoms with Gasteiger partial charge in [0.25, 0.3) is 5.56 Å². The molecule has 0 radical (unpaired) electrons. The Kier molecular flexibility index (Phi) is 6.16. The maximum absolute atomic E-state index is 13.9. The highest BCUT2D eigenvalue weighted by Gasteiger charge is 2.31. The molecular weight excluding hydrogens is 487 g/mol. The van der Waals surface area contributed by atoms with Crippen molar-refractivity contribution in [3.05, 3.63) is 86.3 Å². The number of hydrogen-bond donors (Lipinski definition) is 0. The molecule has 0 atom stereocenters. The van der Waals surface area contributed by atoms with Crippen LogP contribution in [-0.4, -0.2) is 25.8 Å². The molecule has 0 aliphatic carbocycles. The normalized spacial score (nSPS) is 14.8. The van der Waals surface area contributed by atoms with Gasteiger partial charge >= 0.3 is 0 Å². The van der Waals surface area contributed by atoms with Crippen LogP contribution in [0.2, 0.25) is 0 Å². The molecule has 1 aliphatic heterocycles. The fourth-order valence-corrected chi connectivity index (χ4v) is 7.33. The molecule has 0 fully saturated rings. The largest absolute Gasteiger partial charge is 0.293 e. The predicted octanol–water partition coefficient (Wildman–Crippen LogP) is 6.44. The molecular formula is C26H23FN2O2S3. The number of thioether (sulfide) groups is 2. The molecule has 1 aliphatic rings. The number of ketones is 1. The predicted molar refractivity (Wildman–Crippen MR) is 140 cm³/mol. The van der Waals surface area contributed by atoms with Gasteiger partial charge in [0.05, 0.1) is 16.8 Å². The molecule has 0 saturated carbocycles. The van der Waals surface area contributed by atoms with Gasteiger partial charge in [-0.3, -0.25) is 14.2 Å². The minimum Gasteiger partial charge on any atom is -0.293 e. The van der Waals surface area contributed by atoms with E-state index in [-0.39, 0.29) is 27.7 Å². The van der Waals surface area contributed by atoms with E-state index in [4.69, 9.17) is 4.98 Å². The zero-order valence-corrected chi connectivity index (χ0v) is 21.5. The molecule has 0 saturated heterocycles. The third-order valence-corrected chi connectivity index (χ3v) is 9.47. The first-order valence-electron chi connectivity index (χ1n) is 10.9. The van der Waals surface area contributed by atoms with E-state index in [1.807, 2.05) is 43.0 Å². The smallest absolute Gasteiger partial charge is 0.267 e. The summed E-state index contributed by atoms with van der Waals surface area (Å²) in [6.45, 7) is 6.42. The molecule has 2 aromatic carbocycles. The molecule has 0 bridgehead atoms. The Bertz CT molecular complexity index is 1450. The number of halogens is 1. The lowest BCUT2D eigenvalue weighted by Crippen LogP contribution is -2.26. The topological polar surface area (TPSA) is 52.0 Å². The maximum atomic E-state index is 13.9. The standard InChI is InChI=1S/C26H23FN2O2S3/c1-15-4-10-18(11-5-15)29-24(31)22-19-12-26(2,3)33-14-21(19)34-23(22)28-25(29)32-13-20(30)16-6-8-17(27)9-7-16/h4-11H,12-14H2,1-3H3. The number of Topliss-reactive ketones (excluding diaryl/α,β-unsaturated/α-hetero) is 1. The Morgan fingerprint density at radius 2 is 1.85 bits per heavy atom. The van der Waals surface area contributed by atoms with Gasteiger partial charge < -0.3 is 0 Å². The summed E-state index contributed by atoms with van der Waals surface area (Å²) in [5.74, 6) is 0.452. The first-order valence-corrected chi connectivity index (χ1v) is 13.7. The highest BCUT2D eigenvalue weighted by molar-refractivity contribution is 8.00. The molecule has 2 aromatic heterocycles. The highest BCUT2D eigenvalue weighted by Crippen LogP contribution is 2.44. The average molecular weight is 511 g/mol. The highest BCUT2D eigenvalue weighted by atomic mass is 32.2. The second-order valence-electron chi connectivity index (χ2n) is 9.00. The SMILES string of the molecule is Cc1ccc(-n2c(SCC(=O)c3ccc(F)cc3)nc3sc4c(c3c2=O)CC(C)(C)SC4)cc1. The number of carbonyl (C=O) groups excluding carboxylic acids is 1. The van der Waals surface area contributed by atoms with Gasteiger partial charge in [-0.25, -0.2) is 9.37 Å². The van der Waals surface area contributed by atoms with Crippen molar-refractivity contribution in [3.8, 4) is 5.69 Å². The number of carbonyl (C=O) groups is 1. The van der Waals surface area contributed by atoms with E-state index in [0.717, 1.165) is 33.8 Å². The lowest BCUT2D eigenvalue weighted by atomic mass is 10.00. The number of rotatable bonds is 5. The summed E-state index contributed by atoms with van der Waals surface area (Å²) < 4.78 is 14.9. The van der Waals surface area contributed by atoms with Crippen LogP contribution in [-0.2, 0) is 12.2 Å². The monoisotopic (exact) mass is 510 g/mol. The van der Waals surface area contributed by atoms with Crippen LogP contribution in [0.4, 0.5) is 4.39 Å². The van der Waals surface area contributed by atoms with Crippen LogP contribution in [0.1, 0.15) is 40.2 Å². The first-order chi connectivity index (χ1) is 16.2. The Labute approximate surface area is 209 Å². The molecule has 5 rings (SSSR count). The fourth-order valence-electron chi connectivity index (χ4n) is 4.04. The van der Waals surface area contributed by atoms with Gasteiger partial charge in [0.15, 0.2) is 10.9 Å². The van der Waals surface area contributed by atoms with Crippen LogP contribution >= 0.6 is 34.9 Å². The Morgan fingerprint density at radius 3 is 2.56 bits per heavy atom. The molecule has 4 nitrogen and oxygen atoms in total. The number of aromatic nitrogens is 2. The Morgan fingerprint density at radius 1 is 1.15 bits per heavy atom. The van der Waals surface area contributed by atoms with Crippen LogP contribution in [0.5, 0.6) is 0 Å². The van der Waals surface area contributed by atoms with Gasteiger partial charge in [-0.1, -0.05) is 43.3 Å².